The molecule has 0 aromatic heterocycles. The normalized spacial score (nSPS) is 14.1. The molecule has 0 aliphatic carbocycles. The van der Waals surface area contributed by atoms with Crippen molar-refractivity contribution in [3.05, 3.63) is 0 Å². The summed E-state index contributed by atoms with van der Waals surface area (Å²) in [6.07, 6.45) is -0.725. The van der Waals surface area contributed by atoms with Crippen LogP contribution in [0.3, 0.4) is 0 Å². The van der Waals surface area contributed by atoms with E-state index in [0.717, 1.165) is 0 Å². The van der Waals surface area contributed by atoms with E-state index < -0.39 is 54.2 Å². The highest BCUT2D eigenvalue weighted by Crippen LogP contribution is 1.97. The molecule has 0 spiro atoms. The van der Waals surface area contributed by atoms with Gasteiger partial charge in [-0.05, 0) is 13.8 Å². The first kappa shape index (κ1) is 19.4. The molecular formula is C12H19N3O7. The van der Waals surface area contributed by atoms with Crippen molar-refractivity contribution >= 4 is 29.7 Å². The van der Waals surface area contributed by atoms with E-state index in [1.165, 1.54) is 20.8 Å². The zero-order valence-corrected chi connectivity index (χ0v) is 12.4. The average molecular weight is 317 g/mol. The summed E-state index contributed by atoms with van der Waals surface area (Å²) in [5.74, 6) is -4.84. The van der Waals surface area contributed by atoms with E-state index in [-0.39, 0.29) is 0 Å². The maximum absolute atomic E-state index is 11.8. The summed E-state index contributed by atoms with van der Waals surface area (Å²) in [5, 5.41) is 24.0. The SMILES string of the molecule is CC(=O)N[C@@H](C)C(=O)N[C@@H](CC(=O)O)C(=O)N[C@@H](C)C(=O)O. The van der Waals surface area contributed by atoms with E-state index in [4.69, 9.17) is 10.2 Å². The van der Waals surface area contributed by atoms with E-state index in [2.05, 4.69) is 16.0 Å². The predicted octanol–water partition coefficient (Wildman–Crippen LogP) is -1.94. The Morgan fingerprint density at radius 1 is 0.864 bits per heavy atom. The Hall–Kier alpha value is -2.65. The third-order valence-electron chi connectivity index (χ3n) is 2.55. The molecule has 0 aromatic rings. The lowest BCUT2D eigenvalue weighted by atomic mass is 10.1. The largest absolute Gasteiger partial charge is 0.481 e. The first-order chi connectivity index (χ1) is 10.0. The summed E-state index contributed by atoms with van der Waals surface area (Å²) >= 11 is 0. The molecule has 3 amide bonds. The molecule has 0 aliphatic heterocycles. The quantitative estimate of drug-likeness (QED) is 0.348. The molecule has 3 atom stereocenters. The van der Waals surface area contributed by atoms with E-state index >= 15 is 0 Å². The van der Waals surface area contributed by atoms with Crippen molar-refractivity contribution in [2.45, 2.75) is 45.3 Å². The van der Waals surface area contributed by atoms with Gasteiger partial charge >= 0.3 is 11.9 Å². The molecule has 0 unspecified atom stereocenters. The number of carboxylic acid groups (broad SMARTS) is 2. The van der Waals surface area contributed by atoms with Crippen molar-refractivity contribution in [2.24, 2.45) is 0 Å². The van der Waals surface area contributed by atoms with Gasteiger partial charge in [0.15, 0.2) is 0 Å². The minimum Gasteiger partial charge on any atom is -0.481 e. The third kappa shape index (κ3) is 7.22. The Bertz CT molecular complexity index is 477. The Balaban J connectivity index is 4.86. The second-order valence-electron chi connectivity index (χ2n) is 4.65. The number of aliphatic carboxylic acids is 2. The van der Waals surface area contributed by atoms with E-state index in [1.807, 2.05) is 0 Å². The fraction of sp³-hybridized carbons (Fsp3) is 0.583. The van der Waals surface area contributed by atoms with Gasteiger partial charge < -0.3 is 26.2 Å². The number of nitrogens with one attached hydrogen (secondary N) is 3. The summed E-state index contributed by atoms with van der Waals surface area (Å²) in [5.41, 5.74) is 0. The zero-order valence-electron chi connectivity index (χ0n) is 12.4. The van der Waals surface area contributed by atoms with Crippen molar-refractivity contribution in [2.75, 3.05) is 0 Å². The highest BCUT2D eigenvalue weighted by molar-refractivity contribution is 5.94. The van der Waals surface area contributed by atoms with Crippen molar-refractivity contribution < 1.29 is 34.2 Å². The van der Waals surface area contributed by atoms with Gasteiger partial charge in [0.25, 0.3) is 0 Å². The van der Waals surface area contributed by atoms with Crippen LogP contribution in [0.1, 0.15) is 27.2 Å². The number of carbonyl (C=O) groups excluding carboxylic acids is 3. The minimum atomic E-state index is -1.46. The lowest BCUT2D eigenvalue weighted by Gasteiger charge is -2.20. The summed E-state index contributed by atoms with van der Waals surface area (Å²) in [6, 6.07) is -3.67. The number of amides is 3. The zero-order chi connectivity index (χ0) is 17.4. The van der Waals surface area contributed by atoms with Crippen LogP contribution in [-0.4, -0.2) is 58.0 Å². The molecule has 5 N–H and O–H groups in total. The third-order valence-corrected chi connectivity index (χ3v) is 2.55. The second-order valence-corrected chi connectivity index (χ2v) is 4.65. The number of carbonyl (C=O) groups is 5. The maximum atomic E-state index is 11.8. The standard InChI is InChI=1S/C12H19N3O7/c1-5(13-7(3)16)10(19)15-8(4-9(17)18)11(20)14-6(2)12(21)22/h5-6,8H,4H2,1-3H3,(H,13,16)(H,14,20)(H,15,19)(H,17,18)(H,21,22)/t5-,6-,8-/m0/s1. The van der Waals surface area contributed by atoms with Crippen LogP contribution in [0, 0.1) is 0 Å². The molecule has 0 aliphatic rings. The molecule has 0 radical (unpaired) electrons. The van der Waals surface area contributed by atoms with Crippen molar-refractivity contribution in [3.63, 3.8) is 0 Å². The predicted molar refractivity (Wildman–Crippen MR) is 72.7 cm³/mol. The molecule has 0 fully saturated rings. The maximum Gasteiger partial charge on any atom is 0.325 e. The molecule has 0 aromatic carbocycles. The first-order valence-electron chi connectivity index (χ1n) is 6.37. The number of hydrogen-bond donors (Lipinski definition) is 5. The number of hydrogen-bond acceptors (Lipinski definition) is 5. The summed E-state index contributed by atoms with van der Waals surface area (Å²) in [4.78, 5) is 55.9. The average Bonchev–Trinajstić information content (AvgIpc) is 2.35. The monoisotopic (exact) mass is 317 g/mol. The molecule has 22 heavy (non-hydrogen) atoms. The Kier molecular flexibility index (Phi) is 7.56. The second kappa shape index (κ2) is 8.60. The van der Waals surface area contributed by atoms with Crippen LogP contribution in [0.5, 0.6) is 0 Å². The lowest BCUT2D eigenvalue weighted by Crippen LogP contribution is -2.55. The van der Waals surface area contributed by atoms with Crippen LogP contribution in [-0.2, 0) is 24.0 Å². The van der Waals surface area contributed by atoms with Crippen LogP contribution >= 0.6 is 0 Å². The van der Waals surface area contributed by atoms with Crippen LogP contribution < -0.4 is 16.0 Å². The molecule has 0 saturated carbocycles. The van der Waals surface area contributed by atoms with Crippen LogP contribution in [0.2, 0.25) is 0 Å². The van der Waals surface area contributed by atoms with E-state index in [1.54, 1.807) is 0 Å². The Morgan fingerprint density at radius 3 is 1.82 bits per heavy atom. The molecule has 0 bridgehead atoms. The fourth-order valence-electron chi connectivity index (χ4n) is 1.43. The van der Waals surface area contributed by atoms with E-state index in [0.29, 0.717) is 0 Å². The molecule has 0 rings (SSSR count). The highest BCUT2D eigenvalue weighted by atomic mass is 16.4. The molecule has 10 nitrogen and oxygen atoms in total. The lowest BCUT2D eigenvalue weighted by molar-refractivity contribution is -0.143. The van der Waals surface area contributed by atoms with Crippen LogP contribution in [0.25, 0.3) is 0 Å². The van der Waals surface area contributed by atoms with Gasteiger partial charge in [-0.1, -0.05) is 0 Å². The fourth-order valence-corrected chi connectivity index (χ4v) is 1.43. The van der Waals surface area contributed by atoms with Gasteiger partial charge in [-0.3, -0.25) is 24.0 Å². The van der Waals surface area contributed by atoms with Gasteiger partial charge in [0.1, 0.15) is 18.1 Å². The van der Waals surface area contributed by atoms with Crippen molar-refractivity contribution in [1.29, 1.82) is 0 Å². The highest BCUT2D eigenvalue weighted by Gasteiger charge is 2.28. The van der Waals surface area contributed by atoms with Crippen molar-refractivity contribution in [1.82, 2.24) is 16.0 Å². The topological polar surface area (TPSA) is 162 Å². The molecule has 124 valence electrons. The summed E-state index contributed by atoms with van der Waals surface area (Å²) in [6.45, 7) is 3.74. The van der Waals surface area contributed by atoms with Crippen LogP contribution in [0.4, 0.5) is 0 Å². The van der Waals surface area contributed by atoms with Gasteiger partial charge in [-0.15, -0.1) is 0 Å². The van der Waals surface area contributed by atoms with Gasteiger partial charge in [0.2, 0.25) is 17.7 Å². The van der Waals surface area contributed by atoms with Gasteiger partial charge in [0, 0.05) is 6.92 Å². The Morgan fingerprint density at radius 2 is 1.41 bits per heavy atom. The smallest absolute Gasteiger partial charge is 0.325 e. The van der Waals surface area contributed by atoms with E-state index in [9.17, 15) is 24.0 Å². The molecule has 10 heteroatoms. The van der Waals surface area contributed by atoms with Crippen LogP contribution in [0.15, 0.2) is 0 Å². The number of rotatable bonds is 8. The molecule has 0 heterocycles. The molecular weight excluding hydrogens is 298 g/mol. The van der Waals surface area contributed by atoms with Gasteiger partial charge in [-0.2, -0.15) is 0 Å². The molecule has 0 saturated heterocycles. The first-order valence-corrected chi connectivity index (χ1v) is 6.37. The minimum absolute atomic E-state index is 0.471. The van der Waals surface area contributed by atoms with Gasteiger partial charge in [-0.25, -0.2) is 0 Å². The number of carboxylic acids is 2. The Labute approximate surface area is 126 Å². The summed E-state index contributed by atoms with van der Waals surface area (Å²) in [7, 11) is 0. The van der Waals surface area contributed by atoms with Gasteiger partial charge in [0.05, 0.1) is 6.42 Å². The summed E-state index contributed by atoms with van der Waals surface area (Å²) < 4.78 is 0. The van der Waals surface area contributed by atoms with Crippen molar-refractivity contribution in [3.8, 4) is 0 Å².